The van der Waals surface area contributed by atoms with E-state index in [1.54, 1.807) is 0 Å². The van der Waals surface area contributed by atoms with Gasteiger partial charge in [-0.25, -0.2) is 29.9 Å². The maximum atomic E-state index is 6.96. The van der Waals surface area contributed by atoms with Crippen LogP contribution in [0.15, 0.2) is 389 Å². The molecule has 8 heterocycles. The van der Waals surface area contributed by atoms with E-state index in [2.05, 4.69) is 270 Å². The maximum Gasteiger partial charge on any atom is 0.164 e. The van der Waals surface area contributed by atoms with E-state index < -0.39 is 0 Å². The summed E-state index contributed by atoms with van der Waals surface area (Å²) in [6.07, 6.45) is 0. The fourth-order valence-electron chi connectivity index (χ4n) is 16.6. The predicted octanol–water partition coefficient (Wildman–Crippen LogP) is 26.9. The van der Waals surface area contributed by atoms with Crippen molar-refractivity contribution < 1.29 is 8.83 Å². The Kier molecular flexibility index (Phi) is 16.1. The summed E-state index contributed by atoms with van der Waals surface area (Å²) in [6.45, 7) is 0. The lowest BCUT2D eigenvalue weighted by Gasteiger charge is -2.11. The zero-order chi connectivity index (χ0) is 76.0. The molecule has 24 rings (SSSR count). The summed E-state index contributed by atoms with van der Waals surface area (Å²) in [6, 6.07) is 130. The zero-order valence-corrected chi connectivity index (χ0v) is 63.1. The van der Waals surface area contributed by atoms with Crippen LogP contribution in [0.2, 0.25) is 0 Å². The molecular formula is C102H63BrN10O2. The summed E-state index contributed by atoms with van der Waals surface area (Å²) in [5.74, 6) is 3.91. The average molecular weight is 1540 g/mol. The van der Waals surface area contributed by atoms with Gasteiger partial charge in [0.1, 0.15) is 11.2 Å². The summed E-state index contributed by atoms with van der Waals surface area (Å²) >= 11 is 3.47. The summed E-state index contributed by atoms with van der Waals surface area (Å²) < 4.78 is 21.5. The number of benzene rings is 16. The number of nitrogens with zero attached hydrogens (tertiary/aromatic N) is 9. The molecule has 540 valence electrons. The van der Waals surface area contributed by atoms with E-state index in [0.29, 0.717) is 34.9 Å². The minimum absolute atomic E-state index is 0.621. The minimum atomic E-state index is 0.621. The van der Waals surface area contributed by atoms with Crippen LogP contribution in [-0.4, -0.2) is 48.6 Å². The van der Waals surface area contributed by atoms with Crippen LogP contribution in [-0.2, 0) is 0 Å². The molecule has 0 atom stereocenters. The number of hydrogen-bond acceptors (Lipinski definition) is 8. The molecule has 0 fully saturated rings. The van der Waals surface area contributed by atoms with Crippen molar-refractivity contribution in [2.45, 2.75) is 0 Å². The third kappa shape index (κ3) is 11.6. The number of rotatable bonds is 9. The molecule has 12 nitrogen and oxygen atoms in total. The van der Waals surface area contributed by atoms with E-state index in [1.807, 2.05) is 146 Å². The van der Waals surface area contributed by atoms with Gasteiger partial charge in [-0.05, 0) is 109 Å². The molecule has 0 aliphatic rings. The van der Waals surface area contributed by atoms with Gasteiger partial charge in [0, 0.05) is 137 Å². The number of furan rings is 2. The normalized spacial score (nSPS) is 11.7. The van der Waals surface area contributed by atoms with Crippen molar-refractivity contribution in [3.05, 3.63) is 381 Å². The minimum Gasteiger partial charge on any atom is -0.454 e. The predicted molar refractivity (Wildman–Crippen MR) is 473 cm³/mol. The fraction of sp³-hybridized carbons (Fsp3) is 0. The van der Waals surface area contributed by atoms with Crippen molar-refractivity contribution in [3.8, 4) is 85.4 Å². The summed E-state index contributed by atoms with van der Waals surface area (Å²) in [4.78, 5) is 32.5. The van der Waals surface area contributed by atoms with Crippen LogP contribution >= 0.6 is 15.9 Å². The lowest BCUT2D eigenvalue weighted by molar-refractivity contribution is 0.670. The van der Waals surface area contributed by atoms with Crippen LogP contribution in [0.3, 0.4) is 0 Å². The second kappa shape index (κ2) is 27.7. The van der Waals surface area contributed by atoms with E-state index in [0.717, 1.165) is 126 Å². The summed E-state index contributed by atoms with van der Waals surface area (Å²) in [5, 5.41) is 14.2. The van der Waals surface area contributed by atoms with Crippen molar-refractivity contribution in [3.63, 3.8) is 0 Å². The number of nitrogens with one attached hydrogen (secondary N) is 1. The third-order valence-corrected chi connectivity index (χ3v) is 22.4. The number of halogens is 1. The molecule has 0 amide bonds. The fourth-order valence-corrected chi connectivity index (χ4v) is 16.9. The highest BCUT2D eigenvalue weighted by Gasteiger charge is 2.23. The number of hydrogen-bond donors (Lipinski definition) is 1. The molecule has 0 aliphatic heterocycles. The molecule has 115 heavy (non-hydrogen) atoms. The molecule has 0 saturated carbocycles. The second-order valence-electron chi connectivity index (χ2n) is 28.7. The molecule has 0 aliphatic carbocycles. The molecule has 0 radical (unpaired) electrons. The Morgan fingerprint density at radius 1 is 0.226 bits per heavy atom. The molecule has 13 heteroatoms. The summed E-state index contributed by atoms with van der Waals surface area (Å²) in [5.41, 5.74) is 21.5. The Morgan fingerprint density at radius 3 is 0.939 bits per heavy atom. The Balaban J connectivity index is 0.000000117. The first kappa shape index (κ1) is 66.8. The first-order valence-electron chi connectivity index (χ1n) is 38.2. The van der Waals surface area contributed by atoms with Crippen LogP contribution in [0.1, 0.15) is 0 Å². The molecule has 0 spiro atoms. The highest BCUT2D eigenvalue weighted by atomic mass is 79.9. The highest BCUT2D eigenvalue weighted by molar-refractivity contribution is 9.10. The van der Waals surface area contributed by atoms with E-state index in [4.69, 9.17) is 33.8 Å². The second-order valence-corrected chi connectivity index (χ2v) is 29.6. The smallest absolute Gasteiger partial charge is 0.164 e. The SMILES string of the molecule is Brc1ccc(-c2nc(-c3ccccc3)nc(-c3ccccc3)n2)cc1.c1ccc(-c2nc(-c3ccccc3)nc(-c3ccc(-n4c5ccccc5c5ccc6c7ccc(-n8c9ccccc9c9ccccc98)cc7oc6c54)cc3)n2)cc1.c1ccc2c(c1)[nH]c1c2ccc2c3ccc(-n4c5ccccc5c5ccccc54)cc3oc21. The first-order valence-corrected chi connectivity index (χ1v) is 39.0. The van der Waals surface area contributed by atoms with Gasteiger partial charge in [-0.15, -0.1) is 0 Å². The Bertz CT molecular complexity index is 7680. The van der Waals surface area contributed by atoms with Gasteiger partial charge in [0.25, 0.3) is 0 Å². The zero-order valence-electron chi connectivity index (χ0n) is 61.5. The van der Waals surface area contributed by atoms with E-state index >= 15 is 0 Å². The van der Waals surface area contributed by atoms with Crippen molar-refractivity contribution >= 4 is 147 Å². The Hall–Kier alpha value is -15.2. The van der Waals surface area contributed by atoms with Gasteiger partial charge < -0.3 is 27.5 Å². The van der Waals surface area contributed by atoms with Gasteiger partial charge in [0.15, 0.2) is 46.1 Å². The standard InChI is InChI=1S/C51H31N5O.C30H18N2O.C21H14BrN3/c1-3-13-32(14-4-1)49-52-50(33-15-5-2-6-16-33)54-51(53-49)34-23-25-35(26-24-34)56-45-22-12-9-19-39(45)41-29-30-42-40-28-27-36(31-46(40)57-48(42)47(41)56)55-43-20-10-7-17-37(43)38-18-8-11-21-44(38)55;1-4-10-25-19(7-1)23-15-16-24-22-14-13-18(17-28(22)33-30(24)29(23)31-25)32-26-11-5-2-8-20(26)21-9-3-6-12-27(21)32;22-18-13-11-17(12-14-18)21-24-19(15-7-3-1-4-8-15)23-20(25-21)16-9-5-2-6-10-16/h1-31H;1-17,31H;1-14H. The summed E-state index contributed by atoms with van der Waals surface area (Å²) in [7, 11) is 0. The van der Waals surface area contributed by atoms with Crippen LogP contribution in [0.5, 0.6) is 0 Å². The van der Waals surface area contributed by atoms with Gasteiger partial charge in [-0.3, -0.25) is 0 Å². The third-order valence-electron chi connectivity index (χ3n) is 21.9. The monoisotopic (exact) mass is 1540 g/mol. The lowest BCUT2D eigenvalue weighted by Crippen LogP contribution is -2.00. The number of aromatic nitrogens is 10. The molecule has 1 N–H and O–H groups in total. The molecule has 8 aromatic heterocycles. The topological polar surface area (TPSA) is 134 Å². The molecular weight excluding hydrogens is 1480 g/mol. The lowest BCUT2D eigenvalue weighted by atomic mass is 10.1. The number of para-hydroxylation sites is 6. The van der Waals surface area contributed by atoms with Gasteiger partial charge in [0.2, 0.25) is 0 Å². The number of H-pyrrole nitrogens is 1. The van der Waals surface area contributed by atoms with Crippen LogP contribution in [0, 0.1) is 0 Å². The molecule has 0 unspecified atom stereocenters. The molecule has 0 bridgehead atoms. The van der Waals surface area contributed by atoms with Crippen molar-refractivity contribution in [2.75, 3.05) is 0 Å². The van der Waals surface area contributed by atoms with Crippen LogP contribution < -0.4 is 0 Å². The average Bonchev–Trinajstić information content (AvgIpc) is 1.57. The largest absolute Gasteiger partial charge is 0.454 e. The highest BCUT2D eigenvalue weighted by Crippen LogP contribution is 2.44. The van der Waals surface area contributed by atoms with Gasteiger partial charge in [-0.1, -0.05) is 271 Å². The van der Waals surface area contributed by atoms with Crippen molar-refractivity contribution in [1.29, 1.82) is 0 Å². The first-order chi connectivity index (χ1) is 56.9. The van der Waals surface area contributed by atoms with E-state index in [-0.39, 0.29) is 0 Å². The number of fused-ring (bicyclic) bond motifs is 20. The molecule has 0 saturated heterocycles. The molecule has 24 aromatic rings. The van der Waals surface area contributed by atoms with Gasteiger partial charge >= 0.3 is 0 Å². The van der Waals surface area contributed by atoms with Crippen LogP contribution in [0.25, 0.3) is 216 Å². The van der Waals surface area contributed by atoms with Crippen molar-refractivity contribution in [2.24, 2.45) is 0 Å². The van der Waals surface area contributed by atoms with E-state index in [9.17, 15) is 0 Å². The molecule has 16 aromatic carbocycles. The van der Waals surface area contributed by atoms with Gasteiger partial charge in [-0.2, -0.15) is 0 Å². The van der Waals surface area contributed by atoms with Crippen molar-refractivity contribution in [1.82, 2.24) is 48.6 Å². The Morgan fingerprint density at radius 2 is 0.522 bits per heavy atom. The Labute approximate surface area is 665 Å². The quantitative estimate of drug-likeness (QED) is 0.151. The maximum absolute atomic E-state index is 6.96. The van der Waals surface area contributed by atoms with Crippen LogP contribution in [0.4, 0.5) is 0 Å². The number of aromatic amines is 1. The van der Waals surface area contributed by atoms with Gasteiger partial charge in [0.05, 0.1) is 38.6 Å². The van der Waals surface area contributed by atoms with E-state index in [1.165, 1.54) is 59.8 Å².